The van der Waals surface area contributed by atoms with Gasteiger partial charge in [-0.25, -0.2) is 4.79 Å². The van der Waals surface area contributed by atoms with Crippen LogP contribution < -0.4 is 0 Å². The number of hydrogen-bond acceptors (Lipinski definition) is 8. The average Bonchev–Trinajstić information content (AvgIpc) is 2.79. The molecule has 2 unspecified atom stereocenters. The number of hydrogen-bond donors (Lipinski definition) is 1. The van der Waals surface area contributed by atoms with Crippen LogP contribution in [0.5, 0.6) is 0 Å². The molecule has 1 N–H and O–H groups in total. The zero-order valence-electron chi connectivity index (χ0n) is 19.9. The van der Waals surface area contributed by atoms with Gasteiger partial charge in [0, 0.05) is 5.75 Å². The van der Waals surface area contributed by atoms with Gasteiger partial charge >= 0.3 is 17.9 Å². The lowest BCUT2D eigenvalue weighted by Gasteiger charge is -2.35. The third-order valence-corrected chi connectivity index (χ3v) is 6.83. The second kappa shape index (κ2) is 12.8. The molecule has 0 fully saturated rings. The van der Waals surface area contributed by atoms with Gasteiger partial charge < -0.3 is 19.3 Å². The van der Waals surface area contributed by atoms with Crippen molar-refractivity contribution in [2.24, 2.45) is 5.41 Å². The highest BCUT2D eigenvalue weighted by Crippen LogP contribution is 2.41. The van der Waals surface area contributed by atoms with E-state index in [2.05, 4.69) is 13.8 Å². The van der Waals surface area contributed by atoms with Crippen molar-refractivity contribution in [2.45, 2.75) is 58.1 Å². The van der Waals surface area contributed by atoms with E-state index in [4.69, 9.17) is 14.2 Å². The lowest BCUT2D eigenvalue weighted by Crippen LogP contribution is -2.43. The fourth-order valence-electron chi connectivity index (χ4n) is 3.29. The Kier molecular flexibility index (Phi) is 11.2. The minimum Gasteiger partial charge on any atom is -0.469 e. The fraction of sp³-hybridized carbons (Fsp3) is 0.625. The summed E-state index contributed by atoms with van der Waals surface area (Å²) in [5.41, 5.74) is 0.682. The number of aliphatic hydroxyl groups excluding tert-OH is 1. The third-order valence-electron chi connectivity index (χ3n) is 5.49. The summed E-state index contributed by atoms with van der Waals surface area (Å²) in [6, 6.07) is 7.20. The number of benzene rings is 1. The van der Waals surface area contributed by atoms with Gasteiger partial charge in [-0.2, -0.15) is 0 Å². The van der Waals surface area contributed by atoms with Crippen LogP contribution in [-0.2, 0) is 23.8 Å². The zero-order chi connectivity index (χ0) is 24.4. The van der Waals surface area contributed by atoms with Gasteiger partial charge in [0.1, 0.15) is 18.0 Å². The maximum absolute atomic E-state index is 12.9. The monoisotopic (exact) mass is 468 g/mol. The summed E-state index contributed by atoms with van der Waals surface area (Å²) in [7, 11) is 1.32. The van der Waals surface area contributed by atoms with Gasteiger partial charge in [-0.3, -0.25) is 9.59 Å². The summed E-state index contributed by atoms with van der Waals surface area (Å²) in [5.74, 6) is -0.740. The highest BCUT2D eigenvalue weighted by Gasteiger charge is 2.45. The Morgan fingerprint density at radius 2 is 1.62 bits per heavy atom. The maximum Gasteiger partial charge on any atom is 0.338 e. The second-order valence-electron chi connectivity index (χ2n) is 8.43. The number of carbonyl (C=O) groups excluding carboxylic acids is 3. The molecule has 0 heterocycles. The van der Waals surface area contributed by atoms with Crippen molar-refractivity contribution in [2.75, 3.05) is 32.7 Å². The van der Waals surface area contributed by atoms with E-state index in [1.807, 2.05) is 19.1 Å². The van der Waals surface area contributed by atoms with E-state index in [1.165, 1.54) is 18.9 Å². The maximum atomic E-state index is 12.9. The first-order valence-electron chi connectivity index (χ1n) is 10.8. The van der Waals surface area contributed by atoms with Crippen LogP contribution in [0.1, 0.15) is 69.3 Å². The first-order valence-corrected chi connectivity index (χ1v) is 11.8. The van der Waals surface area contributed by atoms with Gasteiger partial charge in [-0.15, -0.1) is 11.8 Å². The van der Waals surface area contributed by atoms with E-state index in [0.29, 0.717) is 23.7 Å². The topological polar surface area (TPSA) is 99.1 Å². The van der Waals surface area contributed by atoms with Crippen LogP contribution in [-0.4, -0.2) is 60.4 Å². The van der Waals surface area contributed by atoms with Crippen LogP contribution in [0.2, 0.25) is 0 Å². The molecule has 7 nitrogen and oxygen atoms in total. The minimum atomic E-state index is -1.07. The van der Waals surface area contributed by atoms with Crippen molar-refractivity contribution >= 4 is 29.7 Å². The normalized spacial score (nSPS) is 14.9. The molecule has 0 bridgehead atoms. The average molecular weight is 469 g/mol. The molecule has 0 amide bonds. The van der Waals surface area contributed by atoms with E-state index in [-0.39, 0.29) is 26.2 Å². The van der Waals surface area contributed by atoms with Crippen LogP contribution in [0.3, 0.4) is 0 Å². The minimum absolute atomic E-state index is 0.0840. The highest BCUT2D eigenvalue weighted by atomic mass is 32.2. The standard InChI is InChI=1S/C24H36O7S/c1-7-23(4,21(27)29-6)16-24(5,32-15-12-25)22(28)31-14-13-30-20(26)19-10-8-18(9-11-19)17(2)3/h8-11,17,25H,7,12-16H2,1-6H3. The van der Waals surface area contributed by atoms with Crippen LogP contribution >= 0.6 is 11.8 Å². The first-order chi connectivity index (χ1) is 15.0. The van der Waals surface area contributed by atoms with E-state index >= 15 is 0 Å². The van der Waals surface area contributed by atoms with Crippen LogP contribution in [0, 0.1) is 5.41 Å². The number of aliphatic hydroxyl groups is 1. The van der Waals surface area contributed by atoms with Crippen molar-refractivity contribution in [1.29, 1.82) is 0 Å². The Morgan fingerprint density at radius 1 is 1.03 bits per heavy atom. The van der Waals surface area contributed by atoms with E-state index in [1.54, 1.807) is 26.0 Å². The Morgan fingerprint density at radius 3 is 2.12 bits per heavy atom. The molecule has 0 radical (unpaired) electrons. The Hall–Kier alpha value is -2.06. The van der Waals surface area contributed by atoms with Gasteiger partial charge in [0.25, 0.3) is 0 Å². The SMILES string of the molecule is CCC(C)(CC(C)(SCCO)C(=O)OCCOC(=O)c1ccc(C(C)C)cc1)C(=O)OC. The third kappa shape index (κ3) is 7.81. The van der Waals surface area contributed by atoms with Gasteiger partial charge in [-0.1, -0.05) is 32.9 Å². The number of rotatable bonds is 13. The number of methoxy groups -OCH3 is 1. The molecule has 32 heavy (non-hydrogen) atoms. The molecule has 0 aliphatic heterocycles. The molecule has 0 saturated heterocycles. The summed E-state index contributed by atoms with van der Waals surface area (Å²) >= 11 is 1.23. The molecule has 0 aliphatic carbocycles. The van der Waals surface area contributed by atoms with Crippen molar-refractivity contribution in [3.05, 3.63) is 35.4 Å². The molecular weight excluding hydrogens is 432 g/mol. The number of thioether (sulfide) groups is 1. The largest absolute Gasteiger partial charge is 0.469 e. The number of esters is 3. The Labute approximate surface area is 195 Å². The fourth-order valence-corrected chi connectivity index (χ4v) is 4.43. The molecule has 8 heteroatoms. The summed E-state index contributed by atoms with van der Waals surface area (Å²) in [4.78, 5) is 37.3. The lowest BCUT2D eigenvalue weighted by molar-refractivity contribution is -0.155. The van der Waals surface area contributed by atoms with Crippen LogP contribution in [0.4, 0.5) is 0 Å². The zero-order valence-corrected chi connectivity index (χ0v) is 20.8. The quantitative estimate of drug-likeness (QED) is 0.264. The number of carbonyl (C=O) groups is 3. The van der Waals surface area contributed by atoms with Gasteiger partial charge in [0.2, 0.25) is 0 Å². The first kappa shape index (κ1) is 28.0. The summed E-state index contributed by atoms with van der Waals surface area (Å²) in [5, 5.41) is 9.23. The molecular formula is C24H36O7S. The Balaban J connectivity index is 2.70. The second-order valence-corrected chi connectivity index (χ2v) is 10.0. The molecule has 1 rings (SSSR count). The molecule has 0 spiro atoms. The van der Waals surface area contributed by atoms with Crippen LogP contribution in [0.15, 0.2) is 24.3 Å². The molecule has 0 aromatic heterocycles. The highest BCUT2D eigenvalue weighted by molar-refractivity contribution is 8.01. The van der Waals surface area contributed by atoms with Crippen molar-refractivity contribution in [3.63, 3.8) is 0 Å². The van der Waals surface area contributed by atoms with Gasteiger partial charge in [0.15, 0.2) is 0 Å². The molecule has 0 aliphatic rings. The Bertz CT molecular complexity index is 762. The molecule has 180 valence electrons. The molecule has 1 aromatic rings. The molecule has 1 aromatic carbocycles. The van der Waals surface area contributed by atoms with E-state index in [9.17, 15) is 19.5 Å². The number of ether oxygens (including phenoxy) is 3. The predicted octanol–water partition coefficient (Wildman–Crippen LogP) is 3.97. The summed E-state index contributed by atoms with van der Waals surface area (Å²) in [6.07, 6.45) is 0.671. The van der Waals surface area contributed by atoms with Gasteiger partial charge in [-0.05, 0) is 50.3 Å². The van der Waals surface area contributed by atoms with Crippen LogP contribution in [0.25, 0.3) is 0 Å². The summed E-state index contributed by atoms with van der Waals surface area (Å²) in [6.45, 7) is 9.13. The van der Waals surface area contributed by atoms with Crippen molar-refractivity contribution < 1.29 is 33.7 Å². The van der Waals surface area contributed by atoms with Gasteiger partial charge in [0.05, 0.1) is 24.7 Å². The van der Waals surface area contributed by atoms with E-state index in [0.717, 1.165) is 5.56 Å². The molecule has 2 atom stereocenters. The van der Waals surface area contributed by atoms with E-state index < -0.39 is 28.1 Å². The summed E-state index contributed by atoms with van der Waals surface area (Å²) < 4.78 is 14.4. The van der Waals surface area contributed by atoms with Crippen molar-refractivity contribution in [1.82, 2.24) is 0 Å². The van der Waals surface area contributed by atoms with Crippen molar-refractivity contribution in [3.8, 4) is 0 Å². The smallest absolute Gasteiger partial charge is 0.338 e. The molecule has 0 saturated carbocycles. The lowest BCUT2D eigenvalue weighted by atomic mass is 9.79. The predicted molar refractivity (Wildman–Crippen MR) is 125 cm³/mol.